The van der Waals surface area contributed by atoms with Crippen molar-refractivity contribution in [3.05, 3.63) is 30.0 Å². The quantitative estimate of drug-likeness (QED) is 0.715. The Bertz CT molecular complexity index is 437. The Hall–Kier alpha value is -1.64. The number of aromatic nitrogens is 2. The van der Waals surface area contributed by atoms with E-state index >= 15 is 0 Å². The van der Waals surface area contributed by atoms with Crippen LogP contribution in [0, 0.1) is 0 Å². The summed E-state index contributed by atoms with van der Waals surface area (Å²) in [6.07, 6.45) is 2.76. The van der Waals surface area contributed by atoms with Gasteiger partial charge in [-0.05, 0) is 18.1 Å². The van der Waals surface area contributed by atoms with E-state index in [1.165, 1.54) is 5.56 Å². The Morgan fingerprint density at radius 2 is 2.23 bits per heavy atom. The van der Waals surface area contributed by atoms with Gasteiger partial charge in [0.2, 0.25) is 5.95 Å². The van der Waals surface area contributed by atoms with Crippen molar-refractivity contribution in [1.29, 1.82) is 0 Å². The van der Waals surface area contributed by atoms with Crippen LogP contribution in [-0.4, -0.2) is 9.97 Å². The van der Waals surface area contributed by atoms with Crippen LogP contribution in [0.15, 0.2) is 24.4 Å². The van der Waals surface area contributed by atoms with E-state index in [1.54, 1.807) is 6.20 Å². The number of aryl methyl sites for hydroxylation is 1. The standard InChI is InChI=1S/C10H11N3/c1-2-7-3-4-8-6-12-10(11)13-9(8)5-7/h3-6H,2H2,1H3,(H2,11,12,13). The van der Waals surface area contributed by atoms with Crippen LogP contribution >= 0.6 is 0 Å². The van der Waals surface area contributed by atoms with Gasteiger partial charge in [0, 0.05) is 11.6 Å². The van der Waals surface area contributed by atoms with Crippen molar-refractivity contribution < 1.29 is 0 Å². The van der Waals surface area contributed by atoms with Gasteiger partial charge in [-0.15, -0.1) is 0 Å². The molecular weight excluding hydrogens is 162 g/mol. The highest BCUT2D eigenvalue weighted by Crippen LogP contribution is 2.13. The van der Waals surface area contributed by atoms with Crippen LogP contribution in [0.3, 0.4) is 0 Å². The summed E-state index contributed by atoms with van der Waals surface area (Å²) in [6.45, 7) is 2.12. The molecule has 0 radical (unpaired) electrons. The molecule has 3 nitrogen and oxygen atoms in total. The van der Waals surface area contributed by atoms with Gasteiger partial charge in [-0.1, -0.05) is 19.1 Å². The highest BCUT2D eigenvalue weighted by molar-refractivity contribution is 5.79. The van der Waals surface area contributed by atoms with Gasteiger partial charge in [0.05, 0.1) is 5.52 Å². The molecule has 0 unspecified atom stereocenters. The number of fused-ring (bicyclic) bond motifs is 1. The van der Waals surface area contributed by atoms with Gasteiger partial charge in [-0.25, -0.2) is 9.97 Å². The number of nitrogens with zero attached hydrogens (tertiary/aromatic N) is 2. The van der Waals surface area contributed by atoms with E-state index in [2.05, 4.69) is 23.0 Å². The van der Waals surface area contributed by atoms with E-state index in [0.29, 0.717) is 5.95 Å². The molecule has 1 aromatic heterocycles. The SMILES string of the molecule is CCc1ccc2cnc(N)nc2c1. The van der Waals surface area contributed by atoms with Crippen molar-refractivity contribution in [3.8, 4) is 0 Å². The summed E-state index contributed by atoms with van der Waals surface area (Å²) in [4.78, 5) is 8.08. The van der Waals surface area contributed by atoms with Crippen molar-refractivity contribution >= 4 is 16.9 Å². The van der Waals surface area contributed by atoms with E-state index in [0.717, 1.165) is 17.3 Å². The summed E-state index contributed by atoms with van der Waals surface area (Å²) in [5.74, 6) is 0.334. The third-order valence-electron chi connectivity index (χ3n) is 2.07. The normalized spacial score (nSPS) is 10.5. The zero-order valence-corrected chi connectivity index (χ0v) is 7.49. The Morgan fingerprint density at radius 1 is 1.38 bits per heavy atom. The minimum atomic E-state index is 0.334. The molecular formula is C10H11N3. The average Bonchev–Trinajstić information content (AvgIpc) is 2.16. The number of benzene rings is 1. The zero-order chi connectivity index (χ0) is 9.26. The first-order valence-electron chi connectivity index (χ1n) is 4.31. The van der Waals surface area contributed by atoms with Crippen LogP contribution in [0.25, 0.3) is 10.9 Å². The molecule has 0 saturated carbocycles. The summed E-state index contributed by atoms with van der Waals surface area (Å²) in [7, 11) is 0. The molecule has 1 heterocycles. The van der Waals surface area contributed by atoms with Crippen LogP contribution < -0.4 is 5.73 Å². The average molecular weight is 173 g/mol. The smallest absolute Gasteiger partial charge is 0.220 e. The second-order valence-electron chi connectivity index (χ2n) is 2.97. The number of rotatable bonds is 1. The fourth-order valence-corrected chi connectivity index (χ4v) is 1.30. The van der Waals surface area contributed by atoms with E-state index < -0.39 is 0 Å². The largest absolute Gasteiger partial charge is 0.368 e. The molecule has 0 aliphatic rings. The summed E-state index contributed by atoms with van der Waals surface area (Å²) >= 11 is 0. The van der Waals surface area contributed by atoms with Crippen molar-refractivity contribution in [1.82, 2.24) is 9.97 Å². The minimum Gasteiger partial charge on any atom is -0.368 e. The first kappa shape index (κ1) is 7.98. The monoisotopic (exact) mass is 173 g/mol. The molecule has 0 saturated heterocycles. The molecule has 2 N–H and O–H groups in total. The Labute approximate surface area is 76.6 Å². The highest BCUT2D eigenvalue weighted by atomic mass is 15.0. The molecule has 1 aromatic carbocycles. The van der Waals surface area contributed by atoms with Gasteiger partial charge >= 0.3 is 0 Å². The van der Waals surface area contributed by atoms with Gasteiger partial charge in [0.1, 0.15) is 0 Å². The van der Waals surface area contributed by atoms with Crippen LogP contribution in [0.4, 0.5) is 5.95 Å². The predicted molar refractivity (Wildman–Crippen MR) is 53.3 cm³/mol. The van der Waals surface area contributed by atoms with Crippen molar-refractivity contribution in [2.45, 2.75) is 13.3 Å². The molecule has 2 aromatic rings. The summed E-state index contributed by atoms with van der Waals surface area (Å²) in [5.41, 5.74) is 7.69. The maximum absolute atomic E-state index is 5.49. The molecule has 0 amide bonds. The third kappa shape index (κ3) is 1.45. The van der Waals surface area contributed by atoms with Crippen molar-refractivity contribution in [2.24, 2.45) is 0 Å². The van der Waals surface area contributed by atoms with Gasteiger partial charge in [-0.3, -0.25) is 0 Å². The van der Waals surface area contributed by atoms with E-state index in [9.17, 15) is 0 Å². The lowest BCUT2D eigenvalue weighted by Gasteiger charge is -2.00. The molecule has 13 heavy (non-hydrogen) atoms. The Kier molecular flexibility index (Phi) is 1.85. The summed E-state index contributed by atoms with van der Waals surface area (Å²) < 4.78 is 0. The van der Waals surface area contributed by atoms with Crippen molar-refractivity contribution in [2.75, 3.05) is 5.73 Å². The first-order chi connectivity index (χ1) is 6.29. The molecule has 0 aliphatic heterocycles. The van der Waals surface area contributed by atoms with Crippen LogP contribution in [0.5, 0.6) is 0 Å². The second-order valence-corrected chi connectivity index (χ2v) is 2.97. The molecule has 0 fully saturated rings. The maximum atomic E-state index is 5.49. The van der Waals surface area contributed by atoms with E-state index in [-0.39, 0.29) is 0 Å². The lowest BCUT2D eigenvalue weighted by molar-refractivity contribution is 1.14. The molecule has 66 valence electrons. The lowest BCUT2D eigenvalue weighted by atomic mass is 10.1. The third-order valence-corrected chi connectivity index (χ3v) is 2.07. The van der Waals surface area contributed by atoms with Gasteiger partial charge in [0.15, 0.2) is 0 Å². The maximum Gasteiger partial charge on any atom is 0.220 e. The Balaban J connectivity index is 2.68. The fraction of sp³-hybridized carbons (Fsp3) is 0.200. The molecule has 3 heteroatoms. The van der Waals surface area contributed by atoms with Crippen LogP contribution in [0.1, 0.15) is 12.5 Å². The molecule has 0 atom stereocenters. The van der Waals surface area contributed by atoms with Gasteiger partial charge in [-0.2, -0.15) is 0 Å². The summed E-state index contributed by atoms with van der Waals surface area (Å²) in [5, 5.41) is 1.03. The molecule has 2 rings (SSSR count). The minimum absolute atomic E-state index is 0.334. The van der Waals surface area contributed by atoms with E-state index in [1.807, 2.05) is 12.1 Å². The van der Waals surface area contributed by atoms with Crippen LogP contribution in [0.2, 0.25) is 0 Å². The number of hydrogen-bond acceptors (Lipinski definition) is 3. The number of nitrogens with two attached hydrogens (primary N) is 1. The van der Waals surface area contributed by atoms with Crippen LogP contribution in [-0.2, 0) is 6.42 Å². The fourth-order valence-electron chi connectivity index (χ4n) is 1.30. The number of anilines is 1. The summed E-state index contributed by atoms with van der Waals surface area (Å²) in [6, 6.07) is 6.16. The second kappa shape index (κ2) is 3.01. The predicted octanol–water partition coefficient (Wildman–Crippen LogP) is 1.77. The molecule has 0 aliphatic carbocycles. The lowest BCUT2D eigenvalue weighted by Crippen LogP contribution is -1.94. The number of hydrogen-bond donors (Lipinski definition) is 1. The Morgan fingerprint density at radius 3 is 3.00 bits per heavy atom. The number of nitrogen functional groups attached to an aromatic ring is 1. The zero-order valence-electron chi connectivity index (χ0n) is 7.49. The van der Waals surface area contributed by atoms with Gasteiger partial charge in [0.25, 0.3) is 0 Å². The topological polar surface area (TPSA) is 51.8 Å². The van der Waals surface area contributed by atoms with Crippen molar-refractivity contribution in [3.63, 3.8) is 0 Å². The van der Waals surface area contributed by atoms with E-state index in [4.69, 9.17) is 5.73 Å². The molecule has 0 bridgehead atoms. The first-order valence-corrected chi connectivity index (χ1v) is 4.31. The van der Waals surface area contributed by atoms with Gasteiger partial charge < -0.3 is 5.73 Å². The highest BCUT2D eigenvalue weighted by Gasteiger charge is 1.97. The molecule has 0 spiro atoms.